The summed E-state index contributed by atoms with van der Waals surface area (Å²) >= 11 is 0. The number of aryl methyl sites for hydroxylation is 1. The molecule has 0 aliphatic rings. The maximum absolute atomic E-state index is 5.34. The van der Waals surface area contributed by atoms with E-state index in [-0.39, 0.29) is 24.0 Å². The fraction of sp³-hybridized carbons (Fsp3) is 0.562. The Labute approximate surface area is 150 Å². The first kappa shape index (κ1) is 21.0. The molecule has 2 N–H and O–H groups in total. The topological polar surface area (TPSA) is 54.9 Å². The van der Waals surface area contributed by atoms with Crippen molar-refractivity contribution in [1.29, 1.82) is 0 Å². The molecule has 0 aliphatic heterocycles. The van der Waals surface area contributed by atoms with Crippen LogP contribution in [0.15, 0.2) is 23.2 Å². The standard InChI is InChI=1S/C16H27N3O2.HI/c1-5-17-16(18-9-6-10-20-3)19-12-14-8-7-13(2)15(11-14)21-4;/h7-8,11H,5-6,9-10,12H2,1-4H3,(H2,17,18,19);1H. The van der Waals surface area contributed by atoms with Crippen molar-refractivity contribution in [2.75, 3.05) is 33.9 Å². The van der Waals surface area contributed by atoms with Crippen LogP contribution in [0.4, 0.5) is 0 Å². The van der Waals surface area contributed by atoms with Crippen molar-refractivity contribution in [2.24, 2.45) is 4.99 Å². The van der Waals surface area contributed by atoms with E-state index in [2.05, 4.69) is 34.7 Å². The smallest absolute Gasteiger partial charge is 0.191 e. The molecular formula is C16H28IN3O2. The zero-order valence-electron chi connectivity index (χ0n) is 13.9. The van der Waals surface area contributed by atoms with Crippen molar-refractivity contribution < 1.29 is 9.47 Å². The van der Waals surface area contributed by atoms with Gasteiger partial charge in [-0.25, -0.2) is 4.99 Å². The molecule has 1 aromatic rings. The number of nitrogens with zero attached hydrogens (tertiary/aromatic N) is 1. The Bertz CT molecular complexity index is 453. The van der Waals surface area contributed by atoms with E-state index in [4.69, 9.17) is 9.47 Å². The maximum atomic E-state index is 5.34. The summed E-state index contributed by atoms with van der Waals surface area (Å²) in [5.74, 6) is 1.73. The Balaban J connectivity index is 0.00000441. The third-order valence-electron chi connectivity index (χ3n) is 3.05. The van der Waals surface area contributed by atoms with E-state index in [0.29, 0.717) is 6.54 Å². The Morgan fingerprint density at radius 3 is 2.64 bits per heavy atom. The molecule has 0 aromatic heterocycles. The van der Waals surface area contributed by atoms with Crippen LogP contribution in [0.25, 0.3) is 0 Å². The molecule has 0 saturated carbocycles. The molecule has 0 amide bonds. The van der Waals surface area contributed by atoms with Gasteiger partial charge >= 0.3 is 0 Å². The molecular weight excluding hydrogens is 393 g/mol. The minimum absolute atomic E-state index is 0. The predicted octanol–water partition coefficient (Wildman–Crippen LogP) is 2.71. The summed E-state index contributed by atoms with van der Waals surface area (Å²) in [5, 5.41) is 6.53. The first-order chi connectivity index (χ1) is 10.2. The number of aliphatic imine (C=N–C) groups is 1. The van der Waals surface area contributed by atoms with Gasteiger partial charge in [0.1, 0.15) is 5.75 Å². The highest BCUT2D eigenvalue weighted by Crippen LogP contribution is 2.19. The Hall–Kier alpha value is -1.02. The summed E-state index contributed by atoms with van der Waals surface area (Å²) in [6, 6.07) is 6.17. The SMILES string of the molecule is CCNC(=NCc1ccc(C)c(OC)c1)NCCCOC.I. The summed E-state index contributed by atoms with van der Waals surface area (Å²) < 4.78 is 10.4. The Morgan fingerprint density at radius 2 is 2.00 bits per heavy atom. The lowest BCUT2D eigenvalue weighted by Gasteiger charge is -2.11. The van der Waals surface area contributed by atoms with Crippen LogP contribution in [-0.2, 0) is 11.3 Å². The lowest BCUT2D eigenvalue weighted by molar-refractivity contribution is 0.195. The van der Waals surface area contributed by atoms with Crippen LogP contribution in [0, 0.1) is 6.92 Å². The molecule has 126 valence electrons. The van der Waals surface area contributed by atoms with Gasteiger partial charge in [-0.05, 0) is 37.5 Å². The average Bonchev–Trinajstić information content (AvgIpc) is 2.50. The van der Waals surface area contributed by atoms with Crippen LogP contribution in [-0.4, -0.2) is 39.9 Å². The lowest BCUT2D eigenvalue weighted by atomic mass is 10.1. The van der Waals surface area contributed by atoms with Crippen LogP contribution in [0.3, 0.4) is 0 Å². The molecule has 0 fully saturated rings. The minimum atomic E-state index is 0. The molecule has 0 unspecified atom stereocenters. The van der Waals surface area contributed by atoms with E-state index in [1.54, 1.807) is 14.2 Å². The molecule has 5 nitrogen and oxygen atoms in total. The first-order valence-corrected chi connectivity index (χ1v) is 7.35. The van der Waals surface area contributed by atoms with Crippen LogP contribution in [0.5, 0.6) is 5.75 Å². The van der Waals surface area contributed by atoms with Gasteiger partial charge in [0.2, 0.25) is 0 Å². The summed E-state index contributed by atoms with van der Waals surface area (Å²) in [7, 11) is 3.40. The van der Waals surface area contributed by atoms with E-state index in [9.17, 15) is 0 Å². The fourth-order valence-electron chi connectivity index (χ4n) is 1.90. The third kappa shape index (κ3) is 7.84. The second-order valence-electron chi connectivity index (χ2n) is 4.77. The van der Waals surface area contributed by atoms with E-state index < -0.39 is 0 Å². The number of methoxy groups -OCH3 is 2. The molecule has 0 spiro atoms. The summed E-state index contributed by atoms with van der Waals surface area (Å²) in [6.45, 7) is 7.15. The molecule has 0 saturated heterocycles. The average molecular weight is 421 g/mol. The van der Waals surface area contributed by atoms with Gasteiger partial charge in [0.25, 0.3) is 0 Å². The summed E-state index contributed by atoms with van der Waals surface area (Å²) in [6.07, 6.45) is 0.958. The molecule has 22 heavy (non-hydrogen) atoms. The predicted molar refractivity (Wildman–Crippen MR) is 102 cm³/mol. The molecule has 6 heteroatoms. The third-order valence-corrected chi connectivity index (χ3v) is 3.05. The minimum Gasteiger partial charge on any atom is -0.496 e. The highest BCUT2D eigenvalue weighted by atomic mass is 127. The normalized spacial score (nSPS) is 10.8. The Morgan fingerprint density at radius 1 is 1.23 bits per heavy atom. The van der Waals surface area contributed by atoms with E-state index in [0.717, 1.165) is 49.0 Å². The van der Waals surface area contributed by atoms with Crippen molar-refractivity contribution in [1.82, 2.24) is 10.6 Å². The number of ether oxygens (including phenoxy) is 2. The van der Waals surface area contributed by atoms with Gasteiger partial charge < -0.3 is 20.1 Å². The molecule has 0 atom stereocenters. The van der Waals surface area contributed by atoms with Gasteiger partial charge in [0.15, 0.2) is 5.96 Å². The van der Waals surface area contributed by atoms with E-state index in [1.807, 2.05) is 13.0 Å². The molecule has 1 aromatic carbocycles. The highest BCUT2D eigenvalue weighted by Gasteiger charge is 2.01. The van der Waals surface area contributed by atoms with Crippen molar-refractivity contribution in [3.8, 4) is 5.75 Å². The number of rotatable bonds is 8. The second kappa shape index (κ2) is 12.5. The number of halogens is 1. The van der Waals surface area contributed by atoms with E-state index in [1.165, 1.54) is 0 Å². The highest BCUT2D eigenvalue weighted by molar-refractivity contribution is 14.0. The van der Waals surface area contributed by atoms with Crippen molar-refractivity contribution >= 4 is 29.9 Å². The Kier molecular flexibility index (Phi) is 11.9. The van der Waals surface area contributed by atoms with Crippen molar-refractivity contribution in [3.05, 3.63) is 29.3 Å². The second-order valence-corrected chi connectivity index (χ2v) is 4.77. The molecule has 1 rings (SSSR count). The van der Waals surface area contributed by atoms with Crippen LogP contribution in [0.1, 0.15) is 24.5 Å². The fourth-order valence-corrected chi connectivity index (χ4v) is 1.90. The summed E-state index contributed by atoms with van der Waals surface area (Å²) in [4.78, 5) is 4.58. The number of guanidine groups is 1. The van der Waals surface area contributed by atoms with Crippen molar-refractivity contribution in [2.45, 2.75) is 26.8 Å². The maximum Gasteiger partial charge on any atom is 0.191 e. The van der Waals surface area contributed by atoms with Crippen LogP contribution >= 0.6 is 24.0 Å². The van der Waals surface area contributed by atoms with Gasteiger partial charge in [-0.1, -0.05) is 12.1 Å². The molecule has 0 bridgehead atoms. The molecule has 0 aliphatic carbocycles. The number of hydrogen-bond acceptors (Lipinski definition) is 3. The number of benzene rings is 1. The number of nitrogens with one attached hydrogen (secondary N) is 2. The molecule has 0 radical (unpaired) electrons. The quantitative estimate of drug-likeness (QED) is 0.293. The van der Waals surface area contributed by atoms with Gasteiger partial charge in [-0.15, -0.1) is 24.0 Å². The van der Waals surface area contributed by atoms with Gasteiger partial charge in [0.05, 0.1) is 13.7 Å². The van der Waals surface area contributed by atoms with Gasteiger partial charge in [-0.3, -0.25) is 0 Å². The zero-order chi connectivity index (χ0) is 15.5. The van der Waals surface area contributed by atoms with Gasteiger partial charge in [0, 0.05) is 26.8 Å². The largest absolute Gasteiger partial charge is 0.496 e. The number of hydrogen-bond donors (Lipinski definition) is 2. The van der Waals surface area contributed by atoms with Crippen LogP contribution < -0.4 is 15.4 Å². The van der Waals surface area contributed by atoms with E-state index >= 15 is 0 Å². The van der Waals surface area contributed by atoms with Crippen LogP contribution in [0.2, 0.25) is 0 Å². The van der Waals surface area contributed by atoms with Crippen molar-refractivity contribution in [3.63, 3.8) is 0 Å². The summed E-state index contributed by atoms with van der Waals surface area (Å²) in [5.41, 5.74) is 2.27. The zero-order valence-corrected chi connectivity index (χ0v) is 16.3. The first-order valence-electron chi connectivity index (χ1n) is 7.35. The molecule has 0 heterocycles. The van der Waals surface area contributed by atoms with Gasteiger partial charge in [-0.2, -0.15) is 0 Å². The lowest BCUT2D eigenvalue weighted by Crippen LogP contribution is -2.38. The monoisotopic (exact) mass is 421 g/mol.